The Labute approximate surface area is 112 Å². The Morgan fingerprint density at radius 3 is 2.95 bits per heavy atom. The van der Waals surface area contributed by atoms with Crippen molar-refractivity contribution in [2.75, 3.05) is 19.7 Å². The topological polar surface area (TPSA) is 77.9 Å². The number of aromatic nitrogens is 1. The minimum Gasteiger partial charge on any atom is -0.365 e. The first kappa shape index (κ1) is 14.0. The Hall–Kier alpha value is -1.43. The maximum Gasteiger partial charge on any atom is 0.265 e. The molecule has 5 nitrogen and oxygen atoms in total. The van der Waals surface area contributed by atoms with Crippen LogP contribution in [0.5, 0.6) is 0 Å². The van der Waals surface area contributed by atoms with E-state index in [1.54, 1.807) is 6.07 Å². The van der Waals surface area contributed by atoms with Crippen molar-refractivity contribution in [3.8, 4) is 6.07 Å². The van der Waals surface area contributed by atoms with Crippen molar-refractivity contribution in [1.82, 2.24) is 10.3 Å². The van der Waals surface area contributed by atoms with Gasteiger partial charge in [0.25, 0.3) is 6.43 Å². The summed E-state index contributed by atoms with van der Waals surface area (Å²) in [4.78, 5) is 13.8. The summed E-state index contributed by atoms with van der Waals surface area (Å²) < 4.78 is 31.0. The molecule has 0 spiro atoms. The highest BCUT2D eigenvalue weighted by Gasteiger charge is 2.22. The van der Waals surface area contributed by atoms with Gasteiger partial charge in [-0.1, -0.05) is 11.8 Å². The Kier molecular flexibility index (Phi) is 4.52. The highest BCUT2D eigenvalue weighted by Crippen LogP contribution is 2.30. The van der Waals surface area contributed by atoms with Crippen molar-refractivity contribution in [3.63, 3.8) is 0 Å². The largest absolute Gasteiger partial charge is 0.365 e. The van der Waals surface area contributed by atoms with Gasteiger partial charge in [0.05, 0.1) is 17.2 Å². The molecule has 102 valence electrons. The first-order valence-corrected chi connectivity index (χ1v) is 6.44. The van der Waals surface area contributed by atoms with E-state index in [9.17, 15) is 13.6 Å². The molecule has 1 aromatic rings. The van der Waals surface area contributed by atoms with Crippen molar-refractivity contribution in [3.05, 3.63) is 27.5 Å². The zero-order valence-corrected chi connectivity index (χ0v) is 10.6. The second-order valence-electron chi connectivity index (χ2n) is 3.83. The molecule has 2 heterocycles. The third-order valence-electron chi connectivity index (χ3n) is 2.53. The minimum atomic E-state index is -2.86. The van der Waals surface area contributed by atoms with Crippen molar-refractivity contribution in [2.24, 2.45) is 0 Å². The van der Waals surface area contributed by atoms with Crippen LogP contribution in [0.4, 0.5) is 8.78 Å². The number of morpholine rings is 1. The number of nitrogens with zero attached hydrogens (tertiary/aromatic N) is 1. The summed E-state index contributed by atoms with van der Waals surface area (Å²) in [7, 11) is 0. The van der Waals surface area contributed by atoms with Crippen LogP contribution in [0.25, 0.3) is 0 Å². The highest BCUT2D eigenvalue weighted by molar-refractivity contribution is 7.99. The molecule has 1 fully saturated rings. The molecule has 8 heteroatoms. The molecule has 2 rings (SSSR count). The van der Waals surface area contributed by atoms with Gasteiger partial charge in [-0.2, -0.15) is 5.26 Å². The average Bonchev–Trinajstić information content (AvgIpc) is 2.39. The van der Waals surface area contributed by atoms with Gasteiger partial charge in [0.15, 0.2) is 0 Å². The summed E-state index contributed by atoms with van der Waals surface area (Å²) in [6, 6.07) is 2.47. The van der Waals surface area contributed by atoms with Gasteiger partial charge in [0, 0.05) is 24.7 Å². The fraction of sp³-hybridized carbons (Fsp3) is 0.455. The summed E-state index contributed by atoms with van der Waals surface area (Å²) in [5.74, 6) is 0. The summed E-state index contributed by atoms with van der Waals surface area (Å²) in [5, 5.41) is 12.2. The molecule has 0 bridgehead atoms. The number of H-pyrrole nitrogens is 1. The van der Waals surface area contributed by atoms with Gasteiger partial charge in [-0.25, -0.2) is 8.78 Å². The number of aromatic amines is 1. The van der Waals surface area contributed by atoms with E-state index in [1.807, 2.05) is 0 Å². The smallest absolute Gasteiger partial charge is 0.265 e. The number of halogens is 2. The lowest BCUT2D eigenvalue weighted by Crippen LogP contribution is -2.36. The highest BCUT2D eigenvalue weighted by atomic mass is 32.2. The van der Waals surface area contributed by atoms with Crippen molar-refractivity contribution < 1.29 is 13.5 Å². The Morgan fingerprint density at radius 1 is 1.58 bits per heavy atom. The number of hydrogen-bond donors (Lipinski definition) is 2. The number of alkyl halides is 2. The lowest BCUT2D eigenvalue weighted by molar-refractivity contribution is 0.0851. The quantitative estimate of drug-likeness (QED) is 0.874. The number of hydrogen-bond acceptors (Lipinski definition) is 5. The second-order valence-corrected chi connectivity index (χ2v) is 5.00. The molecule has 1 saturated heterocycles. The van der Waals surface area contributed by atoms with Gasteiger partial charge in [0.1, 0.15) is 11.5 Å². The normalized spacial score (nSPS) is 19.4. The summed E-state index contributed by atoms with van der Waals surface area (Å²) in [6.07, 6.45) is -2.86. The molecule has 0 saturated carbocycles. The molecule has 1 aliphatic rings. The third kappa shape index (κ3) is 3.32. The fourth-order valence-electron chi connectivity index (χ4n) is 1.68. The average molecular weight is 287 g/mol. The molecule has 0 aromatic carbocycles. The summed E-state index contributed by atoms with van der Waals surface area (Å²) in [5.41, 5.74) is -1.71. The molecule has 0 radical (unpaired) electrons. The van der Waals surface area contributed by atoms with Crippen molar-refractivity contribution >= 4 is 11.8 Å². The Balaban J connectivity index is 2.33. The lowest BCUT2D eigenvalue weighted by Gasteiger charge is -2.23. The summed E-state index contributed by atoms with van der Waals surface area (Å²) in [6.45, 7) is 1.74. The van der Waals surface area contributed by atoms with E-state index >= 15 is 0 Å². The number of pyridine rings is 1. The SMILES string of the molecule is N#Cc1c(C(F)F)cc(=O)[nH]c1SC1CNCCO1. The number of thioether (sulfide) groups is 1. The summed E-state index contributed by atoms with van der Waals surface area (Å²) >= 11 is 1.07. The molecule has 0 amide bonds. The van der Waals surface area contributed by atoms with Crippen LogP contribution in [0.1, 0.15) is 17.6 Å². The maximum atomic E-state index is 12.8. The van der Waals surface area contributed by atoms with Crippen LogP contribution in [-0.4, -0.2) is 30.1 Å². The van der Waals surface area contributed by atoms with E-state index < -0.39 is 17.5 Å². The number of rotatable bonds is 3. The molecule has 0 aliphatic carbocycles. The van der Waals surface area contributed by atoms with Gasteiger partial charge < -0.3 is 15.0 Å². The van der Waals surface area contributed by atoms with E-state index in [1.165, 1.54) is 0 Å². The predicted octanol–water partition coefficient (Wildman–Crippen LogP) is 1.22. The monoisotopic (exact) mass is 287 g/mol. The predicted molar refractivity (Wildman–Crippen MR) is 65.2 cm³/mol. The van der Waals surface area contributed by atoms with Gasteiger partial charge in [-0.3, -0.25) is 4.79 Å². The molecule has 19 heavy (non-hydrogen) atoms. The molecule has 1 aliphatic heterocycles. The molecule has 2 N–H and O–H groups in total. The zero-order chi connectivity index (χ0) is 13.8. The Morgan fingerprint density at radius 2 is 2.37 bits per heavy atom. The molecule has 1 unspecified atom stereocenters. The number of nitriles is 1. The van der Waals surface area contributed by atoms with Gasteiger partial charge in [-0.05, 0) is 0 Å². The van der Waals surface area contributed by atoms with Crippen LogP contribution in [0.15, 0.2) is 15.9 Å². The number of nitrogens with one attached hydrogen (secondary N) is 2. The van der Waals surface area contributed by atoms with E-state index in [4.69, 9.17) is 10.00 Å². The van der Waals surface area contributed by atoms with E-state index in [2.05, 4.69) is 10.3 Å². The van der Waals surface area contributed by atoms with E-state index in [0.29, 0.717) is 13.2 Å². The minimum absolute atomic E-state index is 0.124. The van der Waals surface area contributed by atoms with Crippen LogP contribution in [0.3, 0.4) is 0 Å². The van der Waals surface area contributed by atoms with Crippen molar-refractivity contribution in [1.29, 1.82) is 5.26 Å². The fourth-order valence-corrected chi connectivity index (χ4v) is 2.75. The Bertz CT molecular complexity index is 550. The van der Waals surface area contributed by atoms with Crippen LogP contribution >= 0.6 is 11.8 Å². The molecule has 1 atom stereocenters. The molecule has 1 aromatic heterocycles. The van der Waals surface area contributed by atoms with Gasteiger partial charge in [-0.15, -0.1) is 0 Å². The van der Waals surface area contributed by atoms with E-state index in [-0.39, 0.29) is 16.0 Å². The van der Waals surface area contributed by atoms with Crippen molar-refractivity contribution in [2.45, 2.75) is 16.9 Å². The maximum absolute atomic E-state index is 12.8. The lowest BCUT2D eigenvalue weighted by atomic mass is 10.1. The molecular weight excluding hydrogens is 276 g/mol. The standard InChI is InChI=1S/C11H11F2N3O2S/c12-10(13)6-3-8(17)16-11(7(6)4-14)19-9-5-15-1-2-18-9/h3,9-10,15H,1-2,5H2,(H,16,17). The molecular formula is C11H11F2N3O2S. The van der Waals surface area contributed by atoms with Crippen LogP contribution in [-0.2, 0) is 4.74 Å². The third-order valence-corrected chi connectivity index (χ3v) is 3.64. The zero-order valence-electron chi connectivity index (χ0n) is 9.78. The first-order valence-electron chi connectivity index (χ1n) is 5.56. The van der Waals surface area contributed by atoms with Gasteiger partial charge >= 0.3 is 0 Å². The first-order chi connectivity index (χ1) is 9.11. The van der Waals surface area contributed by atoms with Gasteiger partial charge in [0.2, 0.25) is 5.56 Å². The van der Waals surface area contributed by atoms with E-state index in [0.717, 1.165) is 24.4 Å². The van der Waals surface area contributed by atoms with Crippen LogP contribution in [0.2, 0.25) is 0 Å². The number of ether oxygens (including phenoxy) is 1. The second kappa shape index (κ2) is 6.14. The van der Waals surface area contributed by atoms with Crippen LogP contribution in [0, 0.1) is 11.3 Å². The van der Waals surface area contributed by atoms with Crippen LogP contribution < -0.4 is 10.9 Å².